The van der Waals surface area contributed by atoms with Crippen molar-refractivity contribution in [1.29, 1.82) is 0 Å². The molecule has 2 aromatic carbocycles. The Labute approximate surface area is 173 Å². The largest absolute Gasteiger partial charge is 0.489 e. The quantitative estimate of drug-likeness (QED) is 0.573. The van der Waals surface area contributed by atoms with Crippen LogP contribution < -0.4 is 10.1 Å². The molecule has 0 saturated heterocycles. The van der Waals surface area contributed by atoms with Gasteiger partial charge in [0.25, 0.3) is 5.91 Å². The van der Waals surface area contributed by atoms with Gasteiger partial charge in [-0.1, -0.05) is 24.3 Å². The normalized spacial score (nSPS) is 10.7. The third-order valence-corrected chi connectivity index (χ3v) is 5.20. The number of hydrogen-bond acceptors (Lipinski definition) is 3. The monoisotopic (exact) mass is 441 g/mol. The number of nitrogens with one attached hydrogen (secondary N) is 1. The van der Waals surface area contributed by atoms with Crippen LogP contribution in [0.1, 0.15) is 39.7 Å². The van der Waals surface area contributed by atoms with Gasteiger partial charge in [0.1, 0.15) is 12.4 Å². The van der Waals surface area contributed by atoms with E-state index in [2.05, 4.69) is 32.4 Å². The average Bonchev–Trinajstić information content (AvgIpc) is 3.06. The minimum atomic E-state index is -0.121. The molecule has 0 unspecified atom stereocenters. The molecule has 0 aliphatic rings. The lowest BCUT2D eigenvalue weighted by molar-refractivity contribution is 0.0949. The Bertz CT molecular complexity index is 982. The van der Waals surface area contributed by atoms with Crippen molar-refractivity contribution in [3.8, 4) is 5.75 Å². The van der Waals surface area contributed by atoms with E-state index in [1.165, 1.54) is 0 Å². The van der Waals surface area contributed by atoms with Gasteiger partial charge in [0.2, 0.25) is 0 Å². The standard InChI is InChI=1S/C22H24BrN3O2/c1-4-26-20(19(23)12-25-26)13-24-22(27)18-7-5-6-17(11-18)14-28-21-10-15(2)8-9-16(21)3/h5-12H,4,13-14H2,1-3H3,(H,24,27). The Morgan fingerprint density at radius 3 is 2.82 bits per heavy atom. The Balaban J connectivity index is 1.64. The van der Waals surface area contributed by atoms with Crippen LogP contribution in [0.15, 0.2) is 53.1 Å². The van der Waals surface area contributed by atoms with Crippen molar-refractivity contribution in [3.05, 3.63) is 81.1 Å². The van der Waals surface area contributed by atoms with Gasteiger partial charge in [-0.05, 0) is 71.6 Å². The topological polar surface area (TPSA) is 56.2 Å². The summed E-state index contributed by atoms with van der Waals surface area (Å²) in [5.74, 6) is 0.747. The molecular weight excluding hydrogens is 418 g/mol. The molecule has 0 saturated carbocycles. The average molecular weight is 442 g/mol. The molecule has 0 aliphatic heterocycles. The highest BCUT2D eigenvalue weighted by molar-refractivity contribution is 9.10. The number of carbonyl (C=O) groups is 1. The number of rotatable bonds is 7. The van der Waals surface area contributed by atoms with E-state index in [4.69, 9.17) is 4.74 Å². The van der Waals surface area contributed by atoms with Crippen LogP contribution in [0.4, 0.5) is 0 Å². The van der Waals surface area contributed by atoms with Crippen LogP contribution in [-0.2, 0) is 19.7 Å². The van der Waals surface area contributed by atoms with Crippen LogP contribution in [-0.4, -0.2) is 15.7 Å². The summed E-state index contributed by atoms with van der Waals surface area (Å²) in [7, 11) is 0. The molecule has 3 aromatic rings. The number of benzene rings is 2. The molecule has 0 fully saturated rings. The van der Waals surface area contributed by atoms with Crippen LogP contribution in [0.5, 0.6) is 5.75 Å². The zero-order valence-electron chi connectivity index (χ0n) is 16.3. The molecule has 1 aromatic heterocycles. The predicted octanol–water partition coefficient (Wildman–Crippen LogP) is 4.79. The second-order valence-electron chi connectivity index (χ2n) is 6.70. The van der Waals surface area contributed by atoms with Gasteiger partial charge in [0, 0.05) is 12.1 Å². The summed E-state index contributed by atoms with van der Waals surface area (Å²) in [4.78, 5) is 12.6. The van der Waals surface area contributed by atoms with E-state index in [0.29, 0.717) is 18.7 Å². The number of halogens is 1. The summed E-state index contributed by atoms with van der Waals surface area (Å²) < 4.78 is 8.71. The fraction of sp³-hybridized carbons (Fsp3) is 0.273. The van der Waals surface area contributed by atoms with Gasteiger partial charge in [0.15, 0.2) is 0 Å². The molecule has 6 heteroatoms. The lowest BCUT2D eigenvalue weighted by Gasteiger charge is -2.11. The number of nitrogens with zero attached hydrogens (tertiary/aromatic N) is 2. The minimum Gasteiger partial charge on any atom is -0.489 e. The van der Waals surface area contributed by atoms with Crippen molar-refractivity contribution in [3.63, 3.8) is 0 Å². The van der Waals surface area contributed by atoms with Gasteiger partial charge in [-0.2, -0.15) is 5.10 Å². The van der Waals surface area contributed by atoms with Crippen molar-refractivity contribution in [1.82, 2.24) is 15.1 Å². The van der Waals surface area contributed by atoms with E-state index < -0.39 is 0 Å². The van der Waals surface area contributed by atoms with E-state index in [9.17, 15) is 4.79 Å². The van der Waals surface area contributed by atoms with Gasteiger partial charge in [-0.3, -0.25) is 9.48 Å². The first kappa shape index (κ1) is 20.1. The second kappa shape index (κ2) is 9.06. The van der Waals surface area contributed by atoms with E-state index in [1.54, 1.807) is 6.20 Å². The second-order valence-corrected chi connectivity index (χ2v) is 7.55. The van der Waals surface area contributed by atoms with Crippen molar-refractivity contribution >= 4 is 21.8 Å². The summed E-state index contributed by atoms with van der Waals surface area (Å²) in [6.45, 7) is 7.67. The maximum Gasteiger partial charge on any atom is 0.251 e. The molecule has 0 radical (unpaired) electrons. The smallest absolute Gasteiger partial charge is 0.251 e. The van der Waals surface area contributed by atoms with Crippen LogP contribution in [0, 0.1) is 13.8 Å². The first-order valence-electron chi connectivity index (χ1n) is 9.25. The minimum absolute atomic E-state index is 0.121. The molecular formula is C22H24BrN3O2. The van der Waals surface area contributed by atoms with Gasteiger partial charge < -0.3 is 10.1 Å². The van der Waals surface area contributed by atoms with Crippen LogP contribution in [0.3, 0.4) is 0 Å². The Morgan fingerprint density at radius 2 is 2.04 bits per heavy atom. The van der Waals surface area contributed by atoms with Crippen LogP contribution >= 0.6 is 15.9 Å². The van der Waals surface area contributed by atoms with E-state index in [1.807, 2.05) is 61.9 Å². The molecule has 0 bridgehead atoms. The first-order chi connectivity index (χ1) is 13.5. The maximum atomic E-state index is 12.6. The fourth-order valence-corrected chi connectivity index (χ4v) is 3.36. The van der Waals surface area contributed by atoms with Crippen LogP contribution in [0.25, 0.3) is 0 Å². The zero-order valence-corrected chi connectivity index (χ0v) is 17.9. The van der Waals surface area contributed by atoms with Gasteiger partial charge >= 0.3 is 0 Å². The molecule has 0 aliphatic carbocycles. The SMILES string of the molecule is CCn1ncc(Br)c1CNC(=O)c1cccc(COc2cc(C)ccc2C)c1. The van der Waals surface area contributed by atoms with Gasteiger partial charge in [0.05, 0.1) is 22.9 Å². The third kappa shape index (κ3) is 4.81. The summed E-state index contributed by atoms with van der Waals surface area (Å²) in [5.41, 5.74) is 4.77. The molecule has 28 heavy (non-hydrogen) atoms. The summed E-state index contributed by atoms with van der Waals surface area (Å²) in [6.07, 6.45) is 1.75. The molecule has 0 atom stereocenters. The molecule has 3 rings (SSSR count). The summed E-state index contributed by atoms with van der Waals surface area (Å²) >= 11 is 3.48. The Morgan fingerprint density at radius 1 is 1.21 bits per heavy atom. The number of amides is 1. The highest BCUT2D eigenvalue weighted by Gasteiger charge is 2.11. The number of ether oxygens (including phenoxy) is 1. The van der Waals surface area contributed by atoms with Gasteiger partial charge in [-0.15, -0.1) is 0 Å². The van der Waals surface area contributed by atoms with Crippen molar-refractivity contribution in [2.24, 2.45) is 0 Å². The molecule has 1 amide bonds. The van der Waals surface area contributed by atoms with Crippen LogP contribution in [0.2, 0.25) is 0 Å². The molecule has 5 nitrogen and oxygen atoms in total. The molecule has 1 heterocycles. The van der Waals surface area contributed by atoms with Gasteiger partial charge in [-0.25, -0.2) is 0 Å². The number of aromatic nitrogens is 2. The summed E-state index contributed by atoms with van der Waals surface area (Å²) in [6, 6.07) is 13.7. The number of carbonyl (C=O) groups excluding carboxylic acids is 1. The first-order valence-corrected chi connectivity index (χ1v) is 10.0. The molecule has 1 N–H and O–H groups in total. The number of hydrogen-bond donors (Lipinski definition) is 1. The van der Waals surface area contributed by atoms with Crippen molar-refractivity contribution in [2.75, 3.05) is 0 Å². The van der Waals surface area contributed by atoms with Crippen molar-refractivity contribution < 1.29 is 9.53 Å². The Hall–Kier alpha value is -2.60. The predicted molar refractivity (Wildman–Crippen MR) is 113 cm³/mol. The maximum absolute atomic E-state index is 12.6. The lowest BCUT2D eigenvalue weighted by Crippen LogP contribution is -2.24. The molecule has 146 valence electrons. The fourth-order valence-electron chi connectivity index (χ4n) is 2.93. The van der Waals surface area contributed by atoms with E-state index >= 15 is 0 Å². The third-order valence-electron chi connectivity index (χ3n) is 4.54. The van der Waals surface area contributed by atoms with E-state index in [-0.39, 0.29) is 5.91 Å². The highest BCUT2D eigenvalue weighted by atomic mass is 79.9. The summed E-state index contributed by atoms with van der Waals surface area (Å²) in [5, 5.41) is 7.23. The highest BCUT2D eigenvalue weighted by Crippen LogP contribution is 2.21. The van der Waals surface area contributed by atoms with Crippen molar-refractivity contribution in [2.45, 2.75) is 40.5 Å². The Kier molecular flexibility index (Phi) is 6.52. The zero-order chi connectivity index (χ0) is 20.1. The number of aryl methyl sites for hydroxylation is 3. The van der Waals surface area contributed by atoms with E-state index in [0.717, 1.165) is 39.2 Å². The molecule has 0 spiro atoms. The lowest BCUT2D eigenvalue weighted by atomic mass is 10.1.